The lowest BCUT2D eigenvalue weighted by molar-refractivity contribution is -0.114. The summed E-state index contributed by atoms with van der Waals surface area (Å²) in [7, 11) is 0. The van der Waals surface area contributed by atoms with E-state index in [-0.39, 0.29) is 17.9 Å². The average Bonchev–Trinajstić information content (AvgIpc) is 2.36. The predicted octanol–water partition coefficient (Wildman–Crippen LogP) is 1.77. The average molecular weight is 286 g/mol. The van der Waals surface area contributed by atoms with Crippen LogP contribution < -0.4 is 22.1 Å². The van der Waals surface area contributed by atoms with Crippen molar-refractivity contribution in [3.63, 3.8) is 0 Å². The van der Waals surface area contributed by atoms with Crippen molar-refractivity contribution < 1.29 is 4.79 Å². The van der Waals surface area contributed by atoms with E-state index >= 15 is 0 Å². The summed E-state index contributed by atoms with van der Waals surface area (Å²) < 4.78 is 0. The standard InChI is InChI=1S/C14H18N6O/c1-8(17-13-7-12(15)19-14(16)20-13)10-4-3-5-11(6-10)18-9(2)21/h3-8H,1-2H3,(H,18,21)(H5,15,16,17,19,20). The Morgan fingerprint density at radius 2 is 2.00 bits per heavy atom. The maximum absolute atomic E-state index is 11.1. The Morgan fingerprint density at radius 3 is 2.67 bits per heavy atom. The third kappa shape index (κ3) is 4.07. The lowest BCUT2D eigenvalue weighted by Gasteiger charge is -2.16. The summed E-state index contributed by atoms with van der Waals surface area (Å²) in [4.78, 5) is 19.0. The van der Waals surface area contributed by atoms with E-state index in [0.29, 0.717) is 11.6 Å². The maximum Gasteiger partial charge on any atom is 0.223 e. The van der Waals surface area contributed by atoms with E-state index in [1.54, 1.807) is 6.07 Å². The molecule has 0 saturated carbocycles. The lowest BCUT2D eigenvalue weighted by atomic mass is 10.1. The molecular weight excluding hydrogens is 268 g/mol. The highest BCUT2D eigenvalue weighted by Gasteiger charge is 2.08. The first kappa shape index (κ1) is 14.6. The molecule has 7 nitrogen and oxygen atoms in total. The van der Waals surface area contributed by atoms with Crippen molar-refractivity contribution in [3.8, 4) is 0 Å². The number of nitrogen functional groups attached to an aromatic ring is 2. The van der Waals surface area contributed by atoms with Gasteiger partial charge in [-0.05, 0) is 24.6 Å². The highest BCUT2D eigenvalue weighted by molar-refractivity contribution is 5.88. The van der Waals surface area contributed by atoms with Crippen LogP contribution in [0.4, 0.5) is 23.3 Å². The normalized spacial score (nSPS) is 11.7. The topological polar surface area (TPSA) is 119 Å². The number of carbonyl (C=O) groups excluding carboxylic acids is 1. The van der Waals surface area contributed by atoms with Crippen LogP contribution in [-0.2, 0) is 4.79 Å². The molecule has 0 fully saturated rings. The van der Waals surface area contributed by atoms with E-state index in [2.05, 4.69) is 20.6 Å². The molecule has 0 saturated heterocycles. The van der Waals surface area contributed by atoms with Crippen LogP contribution in [0.5, 0.6) is 0 Å². The van der Waals surface area contributed by atoms with Crippen molar-refractivity contribution in [2.24, 2.45) is 0 Å². The van der Waals surface area contributed by atoms with Gasteiger partial charge in [0.2, 0.25) is 11.9 Å². The zero-order valence-corrected chi connectivity index (χ0v) is 11.9. The molecule has 2 rings (SSSR count). The summed E-state index contributed by atoms with van der Waals surface area (Å²) in [5, 5.41) is 5.95. The molecule has 110 valence electrons. The highest BCUT2D eigenvalue weighted by atomic mass is 16.1. The second-order valence-corrected chi connectivity index (χ2v) is 4.71. The Morgan fingerprint density at radius 1 is 1.24 bits per heavy atom. The Hall–Kier alpha value is -2.83. The fourth-order valence-corrected chi connectivity index (χ4v) is 1.95. The first-order chi connectivity index (χ1) is 9.94. The van der Waals surface area contributed by atoms with E-state index in [4.69, 9.17) is 11.5 Å². The van der Waals surface area contributed by atoms with Crippen LogP contribution in [0.1, 0.15) is 25.5 Å². The number of nitrogens with zero attached hydrogens (tertiary/aromatic N) is 2. The van der Waals surface area contributed by atoms with Crippen LogP contribution in [0.25, 0.3) is 0 Å². The van der Waals surface area contributed by atoms with Gasteiger partial charge in [0.1, 0.15) is 11.6 Å². The summed E-state index contributed by atoms with van der Waals surface area (Å²) in [6, 6.07) is 9.14. The van der Waals surface area contributed by atoms with Crippen molar-refractivity contribution in [3.05, 3.63) is 35.9 Å². The van der Waals surface area contributed by atoms with Gasteiger partial charge < -0.3 is 22.1 Å². The molecule has 1 aromatic heterocycles. The summed E-state index contributed by atoms with van der Waals surface area (Å²) >= 11 is 0. The molecule has 0 spiro atoms. The van der Waals surface area contributed by atoms with Gasteiger partial charge in [-0.1, -0.05) is 12.1 Å². The molecule has 21 heavy (non-hydrogen) atoms. The summed E-state index contributed by atoms with van der Waals surface area (Å²) in [5.74, 6) is 0.877. The zero-order chi connectivity index (χ0) is 15.4. The molecule has 1 amide bonds. The molecular formula is C14H18N6O. The molecule has 6 N–H and O–H groups in total. The van der Waals surface area contributed by atoms with Crippen LogP contribution in [0.15, 0.2) is 30.3 Å². The van der Waals surface area contributed by atoms with Gasteiger partial charge in [-0.3, -0.25) is 4.79 Å². The molecule has 0 aliphatic carbocycles. The lowest BCUT2D eigenvalue weighted by Crippen LogP contribution is -2.11. The number of nitrogens with two attached hydrogens (primary N) is 2. The molecule has 0 aliphatic heterocycles. The Bertz CT molecular complexity index is 637. The van der Waals surface area contributed by atoms with E-state index < -0.39 is 0 Å². The number of hydrogen-bond donors (Lipinski definition) is 4. The van der Waals surface area contributed by atoms with E-state index in [9.17, 15) is 4.79 Å². The van der Waals surface area contributed by atoms with E-state index in [1.807, 2.05) is 31.2 Å². The van der Waals surface area contributed by atoms with Crippen LogP contribution in [-0.4, -0.2) is 15.9 Å². The summed E-state index contributed by atoms with van der Waals surface area (Å²) in [5.41, 5.74) is 12.9. The fourth-order valence-electron chi connectivity index (χ4n) is 1.95. The van der Waals surface area contributed by atoms with Crippen LogP contribution in [0.3, 0.4) is 0 Å². The number of benzene rings is 1. The van der Waals surface area contributed by atoms with Gasteiger partial charge in [-0.15, -0.1) is 0 Å². The highest BCUT2D eigenvalue weighted by Crippen LogP contribution is 2.22. The number of aromatic nitrogens is 2. The van der Waals surface area contributed by atoms with Crippen LogP contribution >= 0.6 is 0 Å². The van der Waals surface area contributed by atoms with E-state index in [1.165, 1.54) is 6.92 Å². The quantitative estimate of drug-likeness (QED) is 0.680. The molecule has 7 heteroatoms. The summed E-state index contributed by atoms with van der Waals surface area (Å²) in [6.45, 7) is 3.45. The molecule has 2 aromatic rings. The molecule has 1 unspecified atom stereocenters. The number of anilines is 4. The first-order valence-corrected chi connectivity index (χ1v) is 6.48. The number of carbonyl (C=O) groups is 1. The minimum atomic E-state index is -0.107. The monoisotopic (exact) mass is 286 g/mol. The fraction of sp³-hybridized carbons (Fsp3) is 0.214. The Kier molecular flexibility index (Phi) is 4.22. The smallest absolute Gasteiger partial charge is 0.223 e. The van der Waals surface area contributed by atoms with Gasteiger partial charge in [-0.2, -0.15) is 9.97 Å². The predicted molar refractivity (Wildman–Crippen MR) is 83.6 cm³/mol. The van der Waals surface area contributed by atoms with Gasteiger partial charge >= 0.3 is 0 Å². The minimum absolute atomic E-state index is 0.0348. The first-order valence-electron chi connectivity index (χ1n) is 6.48. The van der Waals surface area contributed by atoms with Crippen molar-refractivity contribution in [2.45, 2.75) is 19.9 Å². The molecule has 1 atom stereocenters. The number of nitrogens with one attached hydrogen (secondary N) is 2. The molecule has 1 heterocycles. The third-order valence-corrected chi connectivity index (χ3v) is 2.83. The van der Waals surface area contributed by atoms with Crippen molar-refractivity contribution >= 4 is 29.2 Å². The Balaban J connectivity index is 2.16. The molecule has 0 aliphatic rings. The van der Waals surface area contributed by atoms with Crippen LogP contribution in [0, 0.1) is 0 Å². The van der Waals surface area contributed by atoms with Gasteiger partial charge in [0.25, 0.3) is 0 Å². The second-order valence-electron chi connectivity index (χ2n) is 4.71. The van der Waals surface area contributed by atoms with Gasteiger partial charge in [0.05, 0.1) is 6.04 Å². The summed E-state index contributed by atoms with van der Waals surface area (Å²) in [6.07, 6.45) is 0. The van der Waals surface area contributed by atoms with E-state index in [0.717, 1.165) is 11.3 Å². The van der Waals surface area contributed by atoms with Gasteiger partial charge in [0.15, 0.2) is 0 Å². The number of amides is 1. The van der Waals surface area contributed by atoms with Gasteiger partial charge in [-0.25, -0.2) is 0 Å². The zero-order valence-electron chi connectivity index (χ0n) is 11.9. The third-order valence-electron chi connectivity index (χ3n) is 2.83. The van der Waals surface area contributed by atoms with Crippen LogP contribution in [0.2, 0.25) is 0 Å². The molecule has 0 bridgehead atoms. The van der Waals surface area contributed by atoms with Gasteiger partial charge in [0, 0.05) is 18.7 Å². The second kappa shape index (κ2) is 6.08. The minimum Gasteiger partial charge on any atom is -0.383 e. The Labute approximate surface area is 122 Å². The largest absolute Gasteiger partial charge is 0.383 e. The van der Waals surface area contributed by atoms with Crippen molar-refractivity contribution in [2.75, 3.05) is 22.1 Å². The maximum atomic E-state index is 11.1. The number of hydrogen-bond acceptors (Lipinski definition) is 6. The number of rotatable bonds is 4. The molecule has 0 radical (unpaired) electrons. The van der Waals surface area contributed by atoms with Crippen molar-refractivity contribution in [1.82, 2.24) is 9.97 Å². The van der Waals surface area contributed by atoms with Crippen molar-refractivity contribution in [1.29, 1.82) is 0 Å². The SMILES string of the molecule is CC(=O)Nc1cccc(C(C)Nc2cc(N)nc(N)n2)c1. The molecule has 1 aromatic carbocycles.